The van der Waals surface area contributed by atoms with Crippen molar-refractivity contribution >= 4 is 21.8 Å². The normalized spacial score (nSPS) is 14.1. The SMILES string of the molecule is CC(Br)C(=O)NCC(C)(C)CO. The Morgan fingerprint density at radius 1 is 1.67 bits per heavy atom. The Hall–Kier alpha value is -0.0900. The molecular weight excluding hydrogens is 222 g/mol. The van der Waals surface area contributed by atoms with Crippen molar-refractivity contribution in [2.45, 2.75) is 25.6 Å². The van der Waals surface area contributed by atoms with Crippen LogP contribution in [0.15, 0.2) is 0 Å². The van der Waals surface area contributed by atoms with Crippen LogP contribution >= 0.6 is 15.9 Å². The van der Waals surface area contributed by atoms with E-state index in [4.69, 9.17) is 5.11 Å². The fourth-order valence-corrected chi connectivity index (χ4v) is 0.685. The van der Waals surface area contributed by atoms with Gasteiger partial charge in [0.1, 0.15) is 0 Å². The van der Waals surface area contributed by atoms with E-state index in [0.29, 0.717) is 6.54 Å². The summed E-state index contributed by atoms with van der Waals surface area (Å²) in [6, 6.07) is 0. The largest absolute Gasteiger partial charge is 0.396 e. The number of carbonyl (C=O) groups is 1. The lowest BCUT2D eigenvalue weighted by Gasteiger charge is -2.22. The third-order valence-corrected chi connectivity index (χ3v) is 1.95. The van der Waals surface area contributed by atoms with Crippen LogP contribution < -0.4 is 5.32 Å². The lowest BCUT2D eigenvalue weighted by atomic mass is 9.95. The van der Waals surface area contributed by atoms with E-state index in [1.165, 1.54) is 0 Å². The highest BCUT2D eigenvalue weighted by atomic mass is 79.9. The number of aliphatic hydroxyl groups excluding tert-OH is 1. The summed E-state index contributed by atoms with van der Waals surface area (Å²) in [4.78, 5) is 10.9. The molecule has 0 saturated carbocycles. The molecular formula is C8H16BrNO2. The van der Waals surface area contributed by atoms with Crippen molar-refractivity contribution in [1.82, 2.24) is 5.32 Å². The van der Waals surface area contributed by atoms with E-state index in [2.05, 4.69) is 21.2 Å². The first-order chi connectivity index (χ1) is 5.39. The Morgan fingerprint density at radius 2 is 2.17 bits per heavy atom. The Morgan fingerprint density at radius 3 is 2.50 bits per heavy atom. The molecule has 0 aliphatic heterocycles. The molecule has 0 aliphatic carbocycles. The molecule has 0 rings (SSSR count). The van der Waals surface area contributed by atoms with Crippen LogP contribution in [-0.4, -0.2) is 29.0 Å². The van der Waals surface area contributed by atoms with Gasteiger partial charge in [0.25, 0.3) is 0 Å². The van der Waals surface area contributed by atoms with Gasteiger partial charge in [-0.2, -0.15) is 0 Å². The number of alkyl halides is 1. The predicted molar refractivity (Wildman–Crippen MR) is 52.3 cm³/mol. The fraction of sp³-hybridized carbons (Fsp3) is 0.875. The fourth-order valence-electron chi connectivity index (χ4n) is 0.523. The van der Waals surface area contributed by atoms with E-state index in [1.54, 1.807) is 6.92 Å². The Labute approximate surface area is 81.7 Å². The summed E-state index contributed by atoms with van der Waals surface area (Å²) in [6.45, 7) is 6.13. The van der Waals surface area contributed by atoms with Crippen LogP contribution in [-0.2, 0) is 4.79 Å². The molecule has 0 bridgehead atoms. The maximum atomic E-state index is 11.1. The smallest absolute Gasteiger partial charge is 0.233 e. The van der Waals surface area contributed by atoms with E-state index in [0.717, 1.165) is 0 Å². The van der Waals surface area contributed by atoms with Gasteiger partial charge in [-0.15, -0.1) is 0 Å². The molecule has 1 atom stereocenters. The molecule has 0 saturated heterocycles. The zero-order valence-electron chi connectivity index (χ0n) is 7.72. The Bertz CT molecular complexity index is 157. The van der Waals surface area contributed by atoms with Crippen LogP contribution in [0.1, 0.15) is 20.8 Å². The molecule has 1 amide bonds. The van der Waals surface area contributed by atoms with Gasteiger partial charge in [-0.05, 0) is 6.92 Å². The van der Waals surface area contributed by atoms with E-state index in [9.17, 15) is 4.79 Å². The molecule has 0 spiro atoms. The summed E-state index contributed by atoms with van der Waals surface area (Å²) >= 11 is 3.15. The van der Waals surface area contributed by atoms with Crippen molar-refractivity contribution in [3.63, 3.8) is 0 Å². The number of carbonyl (C=O) groups excluding carboxylic acids is 1. The minimum absolute atomic E-state index is 0.0449. The first-order valence-corrected chi connectivity index (χ1v) is 4.83. The number of amides is 1. The van der Waals surface area contributed by atoms with Gasteiger partial charge in [0.15, 0.2) is 0 Å². The zero-order valence-corrected chi connectivity index (χ0v) is 9.31. The van der Waals surface area contributed by atoms with Crippen molar-refractivity contribution in [3.8, 4) is 0 Å². The summed E-state index contributed by atoms with van der Waals surface area (Å²) in [5.41, 5.74) is -0.239. The van der Waals surface area contributed by atoms with Gasteiger partial charge < -0.3 is 10.4 Å². The van der Waals surface area contributed by atoms with E-state index in [1.807, 2.05) is 13.8 Å². The summed E-state index contributed by atoms with van der Waals surface area (Å²) in [5, 5.41) is 11.6. The third kappa shape index (κ3) is 4.72. The monoisotopic (exact) mass is 237 g/mol. The number of nitrogens with one attached hydrogen (secondary N) is 1. The maximum absolute atomic E-state index is 11.1. The van der Waals surface area contributed by atoms with Gasteiger partial charge in [-0.1, -0.05) is 29.8 Å². The van der Waals surface area contributed by atoms with E-state index in [-0.39, 0.29) is 22.8 Å². The highest BCUT2D eigenvalue weighted by Crippen LogP contribution is 2.11. The van der Waals surface area contributed by atoms with Crippen LogP contribution in [0.4, 0.5) is 0 Å². The number of hydrogen-bond donors (Lipinski definition) is 2. The van der Waals surface area contributed by atoms with E-state index < -0.39 is 0 Å². The van der Waals surface area contributed by atoms with Crippen LogP contribution in [0.3, 0.4) is 0 Å². The minimum Gasteiger partial charge on any atom is -0.396 e. The first kappa shape index (κ1) is 11.9. The van der Waals surface area contributed by atoms with Gasteiger partial charge in [-0.25, -0.2) is 0 Å². The molecule has 0 radical (unpaired) electrons. The number of hydrogen-bond acceptors (Lipinski definition) is 2. The molecule has 2 N–H and O–H groups in total. The average Bonchev–Trinajstić information content (AvgIpc) is 2.00. The quantitative estimate of drug-likeness (QED) is 0.715. The summed E-state index contributed by atoms with van der Waals surface area (Å²) in [5.74, 6) is -0.0449. The lowest BCUT2D eigenvalue weighted by molar-refractivity contribution is -0.120. The second kappa shape index (κ2) is 4.82. The van der Waals surface area contributed by atoms with Gasteiger partial charge in [0.05, 0.1) is 4.83 Å². The average molecular weight is 238 g/mol. The first-order valence-electron chi connectivity index (χ1n) is 3.92. The van der Waals surface area contributed by atoms with Crippen LogP contribution in [0.2, 0.25) is 0 Å². The molecule has 4 heteroatoms. The molecule has 0 aromatic rings. The van der Waals surface area contributed by atoms with Gasteiger partial charge in [-0.3, -0.25) is 4.79 Å². The number of aliphatic hydroxyl groups is 1. The standard InChI is InChI=1S/C8H16BrNO2/c1-6(9)7(12)10-4-8(2,3)5-11/h6,11H,4-5H2,1-3H3,(H,10,12). The zero-order chi connectivity index (χ0) is 9.78. The maximum Gasteiger partial charge on any atom is 0.233 e. The molecule has 72 valence electrons. The molecule has 0 fully saturated rings. The van der Waals surface area contributed by atoms with Crippen molar-refractivity contribution in [2.75, 3.05) is 13.2 Å². The number of rotatable bonds is 4. The summed E-state index contributed by atoms with van der Waals surface area (Å²) in [7, 11) is 0. The molecule has 0 aromatic heterocycles. The van der Waals surface area contributed by atoms with Crippen LogP contribution in [0, 0.1) is 5.41 Å². The highest BCUT2D eigenvalue weighted by molar-refractivity contribution is 9.10. The van der Waals surface area contributed by atoms with Crippen molar-refractivity contribution in [2.24, 2.45) is 5.41 Å². The summed E-state index contributed by atoms with van der Waals surface area (Å²) < 4.78 is 0. The van der Waals surface area contributed by atoms with Gasteiger partial charge in [0, 0.05) is 18.6 Å². The van der Waals surface area contributed by atoms with Crippen molar-refractivity contribution in [3.05, 3.63) is 0 Å². The molecule has 0 aromatic carbocycles. The minimum atomic E-state index is -0.239. The van der Waals surface area contributed by atoms with Crippen LogP contribution in [0.25, 0.3) is 0 Å². The molecule has 12 heavy (non-hydrogen) atoms. The third-order valence-electron chi connectivity index (χ3n) is 1.53. The van der Waals surface area contributed by atoms with Crippen LogP contribution in [0.5, 0.6) is 0 Å². The molecule has 0 heterocycles. The predicted octanol–water partition coefficient (Wildman–Crippen LogP) is 0.904. The van der Waals surface area contributed by atoms with Gasteiger partial charge >= 0.3 is 0 Å². The number of halogens is 1. The Balaban J connectivity index is 3.76. The molecule has 3 nitrogen and oxygen atoms in total. The highest BCUT2D eigenvalue weighted by Gasteiger charge is 2.18. The second-order valence-electron chi connectivity index (χ2n) is 3.66. The molecule has 0 aliphatic rings. The van der Waals surface area contributed by atoms with Crippen molar-refractivity contribution < 1.29 is 9.90 Å². The topological polar surface area (TPSA) is 49.3 Å². The second-order valence-corrected chi connectivity index (χ2v) is 5.03. The summed E-state index contributed by atoms with van der Waals surface area (Å²) in [6.07, 6.45) is 0. The van der Waals surface area contributed by atoms with Crippen molar-refractivity contribution in [1.29, 1.82) is 0 Å². The van der Waals surface area contributed by atoms with Gasteiger partial charge in [0.2, 0.25) is 5.91 Å². The molecule has 1 unspecified atom stereocenters. The Kier molecular flexibility index (Phi) is 4.78. The van der Waals surface area contributed by atoms with E-state index >= 15 is 0 Å². The lowest BCUT2D eigenvalue weighted by Crippen LogP contribution is -2.38.